The largest absolute Gasteiger partial charge is 0.444 e. The standard InChI is InChI=1S/C25H32N6O5/c1-25(2,3)36-24(32)27-18-6-4-17(5-7-18)21-28-22(30-10-12-33-13-11-30)20-23(29-21)31(16-26-20)9-8-19-34-14-15-35-19/h4-7,16,19H,8-15H2,1-3H3,(H,27,32). The van der Waals surface area contributed by atoms with Gasteiger partial charge in [0.1, 0.15) is 5.60 Å². The third-order valence-corrected chi connectivity index (χ3v) is 5.84. The summed E-state index contributed by atoms with van der Waals surface area (Å²) in [7, 11) is 0. The van der Waals surface area contributed by atoms with Gasteiger partial charge < -0.3 is 28.4 Å². The molecular formula is C25H32N6O5. The number of rotatable bonds is 6. The van der Waals surface area contributed by atoms with Gasteiger partial charge in [-0.3, -0.25) is 5.32 Å². The van der Waals surface area contributed by atoms with Gasteiger partial charge in [0.15, 0.2) is 29.1 Å². The number of benzene rings is 1. The minimum absolute atomic E-state index is 0.201. The monoisotopic (exact) mass is 496 g/mol. The number of ether oxygens (including phenoxy) is 4. The van der Waals surface area contributed by atoms with Crippen molar-refractivity contribution in [1.82, 2.24) is 19.5 Å². The number of morpholine rings is 1. The highest BCUT2D eigenvalue weighted by Crippen LogP contribution is 2.28. The zero-order valence-corrected chi connectivity index (χ0v) is 20.9. The van der Waals surface area contributed by atoms with Crippen LogP contribution in [0.15, 0.2) is 30.6 Å². The zero-order valence-electron chi connectivity index (χ0n) is 20.9. The van der Waals surface area contributed by atoms with Crippen LogP contribution in [0.5, 0.6) is 0 Å². The molecule has 2 saturated heterocycles. The molecule has 3 aromatic rings. The number of carbonyl (C=O) groups excluding carboxylic acids is 1. The molecule has 0 atom stereocenters. The van der Waals surface area contributed by atoms with Crippen LogP contribution in [0.25, 0.3) is 22.6 Å². The first-order chi connectivity index (χ1) is 17.4. The minimum Gasteiger partial charge on any atom is -0.444 e. The third kappa shape index (κ3) is 5.75. The number of carbonyl (C=O) groups is 1. The number of fused-ring (bicyclic) bond motifs is 1. The molecule has 192 valence electrons. The van der Waals surface area contributed by atoms with E-state index in [9.17, 15) is 4.79 Å². The number of hydrogen-bond donors (Lipinski definition) is 1. The first kappa shape index (κ1) is 24.4. The summed E-state index contributed by atoms with van der Waals surface area (Å²) in [6.45, 7) is 10.2. The molecule has 4 heterocycles. The Morgan fingerprint density at radius 2 is 1.81 bits per heavy atom. The molecule has 2 fully saturated rings. The van der Waals surface area contributed by atoms with Crippen molar-refractivity contribution in [2.24, 2.45) is 0 Å². The van der Waals surface area contributed by atoms with Crippen molar-refractivity contribution < 1.29 is 23.7 Å². The SMILES string of the molecule is CC(C)(C)OC(=O)Nc1ccc(-c2nc(N3CCOCC3)c3ncn(CCC4OCCO4)c3n2)cc1. The molecule has 0 radical (unpaired) electrons. The molecule has 0 saturated carbocycles. The van der Waals surface area contributed by atoms with Gasteiger partial charge in [-0.25, -0.2) is 19.7 Å². The Morgan fingerprint density at radius 1 is 1.08 bits per heavy atom. The Morgan fingerprint density at radius 3 is 2.50 bits per heavy atom. The van der Waals surface area contributed by atoms with Gasteiger partial charge in [0.05, 0.1) is 32.8 Å². The van der Waals surface area contributed by atoms with Gasteiger partial charge >= 0.3 is 6.09 Å². The van der Waals surface area contributed by atoms with Crippen molar-refractivity contribution in [2.45, 2.75) is 45.6 Å². The summed E-state index contributed by atoms with van der Waals surface area (Å²) in [5.74, 6) is 1.38. The van der Waals surface area contributed by atoms with E-state index in [0.29, 0.717) is 50.9 Å². The molecule has 36 heavy (non-hydrogen) atoms. The maximum absolute atomic E-state index is 12.1. The average Bonchev–Trinajstić information content (AvgIpc) is 3.52. The highest BCUT2D eigenvalue weighted by atomic mass is 16.7. The topological polar surface area (TPSA) is 113 Å². The van der Waals surface area contributed by atoms with Crippen LogP contribution in [0.4, 0.5) is 16.3 Å². The zero-order chi connectivity index (χ0) is 25.1. The van der Waals surface area contributed by atoms with Crippen LogP contribution in [-0.4, -0.2) is 77.0 Å². The predicted molar refractivity (Wildman–Crippen MR) is 134 cm³/mol. The van der Waals surface area contributed by atoms with Crippen LogP contribution in [0.3, 0.4) is 0 Å². The van der Waals surface area contributed by atoms with Crippen molar-refractivity contribution >= 4 is 28.8 Å². The van der Waals surface area contributed by atoms with E-state index in [1.165, 1.54) is 0 Å². The van der Waals surface area contributed by atoms with Crippen LogP contribution < -0.4 is 10.2 Å². The van der Waals surface area contributed by atoms with Crippen LogP contribution in [0, 0.1) is 0 Å². The van der Waals surface area contributed by atoms with Crippen molar-refractivity contribution in [3.05, 3.63) is 30.6 Å². The first-order valence-corrected chi connectivity index (χ1v) is 12.2. The highest BCUT2D eigenvalue weighted by molar-refractivity contribution is 5.87. The molecule has 1 aromatic carbocycles. The van der Waals surface area contributed by atoms with E-state index < -0.39 is 11.7 Å². The second-order valence-corrected chi connectivity index (χ2v) is 9.74. The van der Waals surface area contributed by atoms with Gasteiger partial charge in [-0.1, -0.05) is 0 Å². The van der Waals surface area contributed by atoms with Crippen molar-refractivity contribution in [1.29, 1.82) is 0 Å². The maximum atomic E-state index is 12.1. The Hall–Kier alpha value is -3.28. The van der Waals surface area contributed by atoms with Crippen molar-refractivity contribution in [3.63, 3.8) is 0 Å². The summed E-state index contributed by atoms with van der Waals surface area (Å²) in [6, 6.07) is 7.40. The number of hydrogen-bond acceptors (Lipinski definition) is 9. The Bertz CT molecular complexity index is 1190. The minimum atomic E-state index is -0.567. The number of imidazole rings is 1. The molecule has 0 bridgehead atoms. The fourth-order valence-electron chi connectivity index (χ4n) is 4.16. The fourth-order valence-corrected chi connectivity index (χ4v) is 4.16. The van der Waals surface area contributed by atoms with Gasteiger partial charge in [-0.2, -0.15) is 0 Å². The van der Waals surface area contributed by atoms with Crippen LogP contribution >= 0.6 is 0 Å². The molecule has 0 spiro atoms. The van der Waals surface area contributed by atoms with Gasteiger partial charge in [-0.15, -0.1) is 0 Å². The van der Waals surface area contributed by atoms with E-state index in [2.05, 4.69) is 15.2 Å². The predicted octanol–water partition coefficient (Wildman–Crippen LogP) is 3.44. The summed E-state index contributed by atoms with van der Waals surface area (Å²) in [4.78, 5) is 28.8. The van der Waals surface area contributed by atoms with E-state index in [1.807, 2.05) is 49.6 Å². The van der Waals surface area contributed by atoms with Crippen LogP contribution in [0.2, 0.25) is 0 Å². The molecule has 11 nitrogen and oxygen atoms in total. The lowest BCUT2D eigenvalue weighted by Crippen LogP contribution is -2.37. The molecule has 0 aliphatic carbocycles. The highest BCUT2D eigenvalue weighted by Gasteiger charge is 2.22. The summed E-state index contributed by atoms with van der Waals surface area (Å²) in [5.41, 5.74) is 2.41. The Kier molecular flexibility index (Phi) is 7.04. The normalized spacial score (nSPS) is 17.0. The summed E-state index contributed by atoms with van der Waals surface area (Å²) in [6.07, 6.45) is 1.81. The number of nitrogens with one attached hydrogen (secondary N) is 1. The number of aryl methyl sites for hydroxylation is 1. The molecule has 1 amide bonds. The molecule has 2 aromatic heterocycles. The number of aromatic nitrogens is 4. The Labute approximate surface area is 209 Å². The van der Waals surface area contributed by atoms with E-state index in [-0.39, 0.29) is 6.29 Å². The lowest BCUT2D eigenvalue weighted by molar-refractivity contribution is -0.0489. The Balaban J connectivity index is 1.43. The fraction of sp³-hybridized carbons (Fsp3) is 0.520. The third-order valence-electron chi connectivity index (χ3n) is 5.84. The number of anilines is 2. The van der Waals surface area contributed by atoms with Gasteiger partial charge in [0.2, 0.25) is 0 Å². The number of amides is 1. The second-order valence-electron chi connectivity index (χ2n) is 9.74. The van der Waals surface area contributed by atoms with Crippen molar-refractivity contribution in [2.75, 3.05) is 49.7 Å². The molecular weight excluding hydrogens is 464 g/mol. The second kappa shape index (κ2) is 10.4. The van der Waals surface area contributed by atoms with E-state index in [1.54, 1.807) is 6.33 Å². The molecule has 5 rings (SSSR count). The molecule has 2 aliphatic heterocycles. The summed E-state index contributed by atoms with van der Waals surface area (Å²) in [5, 5.41) is 2.76. The van der Waals surface area contributed by atoms with E-state index in [0.717, 1.165) is 35.6 Å². The van der Waals surface area contributed by atoms with Gasteiger partial charge in [0.25, 0.3) is 0 Å². The molecule has 0 unspecified atom stereocenters. The summed E-state index contributed by atoms with van der Waals surface area (Å²) >= 11 is 0. The molecule has 1 N–H and O–H groups in total. The number of nitrogens with zero attached hydrogens (tertiary/aromatic N) is 5. The summed E-state index contributed by atoms with van der Waals surface area (Å²) < 4.78 is 24.1. The molecule has 2 aliphatic rings. The first-order valence-electron chi connectivity index (χ1n) is 12.2. The van der Waals surface area contributed by atoms with E-state index in [4.69, 9.17) is 28.9 Å². The lowest BCUT2D eigenvalue weighted by atomic mass is 10.2. The molecule has 11 heteroatoms. The van der Waals surface area contributed by atoms with Gasteiger partial charge in [-0.05, 0) is 45.0 Å². The van der Waals surface area contributed by atoms with Gasteiger partial charge in [0, 0.05) is 37.3 Å². The van der Waals surface area contributed by atoms with Crippen LogP contribution in [0.1, 0.15) is 27.2 Å². The van der Waals surface area contributed by atoms with E-state index >= 15 is 0 Å². The smallest absolute Gasteiger partial charge is 0.412 e. The van der Waals surface area contributed by atoms with Crippen LogP contribution in [-0.2, 0) is 25.5 Å². The lowest BCUT2D eigenvalue weighted by Gasteiger charge is -2.28. The maximum Gasteiger partial charge on any atom is 0.412 e. The average molecular weight is 497 g/mol. The quantitative estimate of drug-likeness (QED) is 0.548. The van der Waals surface area contributed by atoms with Crippen molar-refractivity contribution in [3.8, 4) is 11.4 Å².